The molecule has 0 aliphatic carbocycles. The minimum absolute atomic E-state index is 0.00837. The van der Waals surface area contributed by atoms with Gasteiger partial charge in [-0.3, -0.25) is 14.4 Å². The van der Waals surface area contributed by atoms with Crippen molar-refractivity contribution in [3.63, 3.8) is 0 Å². The van der Waals surface area contributed by atoms with Crippen LogP contribution in [0, 0.1) is 17.3 Å². The summed E-state index contributed by atoms with van der Waals surface area (Å²) in [5.74, 6) is -2.18. The van der Waals surface area contributed by atoms with Gasteiger partial charge in [-0.1, -0.05) is 50.5 Å². The highest BCUT2D eigenvalue weighted by Gasteiger charge is 2.77. The van der Waals surface area contributed by atoms with Crippen LogP contribution in [0.1, 0.15) is 74.1 Å². The molecule has 2 bridgehead atoms. The van der Waals surface area contributed by atoms with E-state index in [0.717, 1.165) is 12.8 Å². The van der Waals surface area contributed by atoms with Crippen molar-refractivity contribution in [3.05, 3.63) is 0 Å². The van der Waals surface area contributed by atoms with E-state index in [9.17, 15) is 19.5 Å². The van der Waals surface area contributed by atoms with Gasteiger partial charge in [0.2, 0.25) is 17.7 Å². The minimum atomic E-state index is -1.10. The molecule has 3 amide bonds. The Bertz CT molecular complexity index is 809. The van der Waals surface area contributed by atoms with Gasteiger partial charge in [0.25, 0.3) is 0 Å². The van der Waals surface area contributed by atoms with Gasteiger partial charge in [-0.05, 0) is 44.9 Å². The number of aliphatic hydroxyl groups excluding tert-OH is 1. The molecular formula is C25H42BrN3O5. The number of aliphatic hydroxyl groups is 1. The molecule has 3 saturated heterocycles. The largest absolute Gasteiger partial charge is 0.394 e. The minimum Gasteiger partial charge on any atom is -0.394 e. The molecule has 3 rings (SSSR count). The average molecular weight is 545 g/mol. The van der Waals surface area contributed by atoms with Crippen molar-refractivity contribution in [3.8, 4) is 0 Å². The van der Waals surface area contributed by atoms with Crippen molar-refractivity contribution in [2.75, 3.05) is 13.2 Å². The molecule has 0 radical (unpaired) electrons. The summed E-state index contributed by atoms with van der Waals surface area (Å²) in [7, 11) is 0. The van der Waals surface area contributed by atoms with Crippen LogP contribution >= 0.6 is 15.9 Å². The lowest BCUT2D eigenvalue weighted by Crippen LogP contribution is -2.61. The van der Waals surface area contributed by atoms with Crippen LogP contribution in [0.15, 0.2) is 0 Å². The summed E-state index contributed by atoms with van der Waals surface area (Å²) in [5.41, 5.74) is -1.62. The fraction of sp³-hybridized carbons (Fsp3) is 0.880. The van der Waals surface area contributed by atoms with Crippen LogP contribution in [-0.4, -0.2) is 75.0 Å². The van der Waals surface area contributed by atoms with Gasteiger partial charge in [0, 0.05) is 16.9 Å². The summed E-state index contributed by atoms with van der Waals surface area (Å²) < 4.78 is 6.49. The van der Waals surface area contributed by atoms with Crippen LogP contribution in [0.2, 0.25) is 0 Å². The first kappa shape index (κ1) is 27.4. The summed E-state index contributed by atoms with van der Waals surface area (Å²) in [6.07, 6.45) is 2.01. The average Bonchev–Trinajstić information content (AvgIpc) is 3.29. The van der Waals surface area contributed by atoms with E-state index in [2.05, 4.69) is 47.3 Å². The van der Waals surface area contributed by atoms with Gasteiger partial charge >= 0.3 is 0 Å². The fourth-order valence-electron chi connectivity index (χ4n) is 6.61. The van der Waals surface area contributed by atoms with Crippen LogP contribution in [0.3, 0.4) is 0 Å². The summed E-state index contributed by atoms with van der Waals surface area (Å²) >= 11 is 3.68. The summed E-state index contributed by atoms with van der Waals surface area (Å²) in [4.78, 5) is 42.4. The molecule has 3 heterocycles. The number of ether oxygens (including phenoxy) is 1. The van der Waals surface area contributed by atoms with Crippen LogP contribution in [0.4, 0.5) is 0 Å². The van der Waals surface area contributed by atoms with Crippen molar-refractivity contribution < 1.29 is 24.2 Å². The van der Waals surface area contributed by atoms with Crippen molar-refractivity contribution in [1.29, 1.82) is 0 Å². The molecule has 9 heteroatoms. The maximum Gasteiger partial charge on any atom is 0.246 e. The zero-order valence-electron chi connectivity index (χ0n) is 21.6. The first-order valence-corrected chi connectivity index (χ1v) is 13.5. The molecule has 3 fully saturated rings. The molecule has 3 N–H and O–H groups in total. The molecule has 8 nitrogen and oxygen atoms in total. The smallest absolute Gasteiger partial charge is 0.246 e. The second kappa shape index (κ2) is 9.69. The van der Waals surface area contributed by atoms with Crippen LogP contribution in [-0.2, 0) is 19.1 Å². The second-order valence-electron chi connectivity index (χ2n) is 12.1. The zero-order chi connectivity index (χ0) is 25.6. The Balaban J connectivity index is 2.02. The van der Waals surface area contributed by atoms with Gasteiger partial charge in [0.1, 0.15) is 11.6 Å². The molecule has 7 atom stereocenters. The SMILES string of the molecule is CCCNC(=O)[C@H]1[C@H]2C(=O)N([C@@H](CC)CO)C(C(=O)NC(C)(C)CC(C)(C)C)C23CC(Br)[C@@H]1O3. The molecule has 0 aromatic rings. The lowest BCUT2D eigenvalue weighted by molar-refractivity contribution is -0.146. The van der Waals surface area contributed by atoms with Gasteiger partial charge in [-0.2, -0.15) is 0 Å². The van der Waals surface area contributed by atoms with E-state index in [-0.39, 0.29) is 34.6 Å². The van der Waals surface area contributed by atoms with Crippen LogP contribution in [0.25, 0.3) is 0 Å². The van der Waals surface area contributed by atoms with E-state index < -0.39 is 41.2 Å². The third-order valence-corrected chi connectivity index (χ3v) is 8.18. The number of alkyl halides is 1. The predicted molar refractivity (Wildman–Crippen MR) is 133 cm³/mol. The van der Waals surface area contributed by atoms with E-state index >= 15 is 0 Å². The topological polar surface area (TPSA) is 108 Å². The van der Waals surface area contributed by atoms with Gasteiger partial charge in [0.15, 0.2) is 0 Å². The lowest BCUT2D eigenvalue weighted by atomic mass is 9.70. The Morgan fingerprint density at radius 2 is 1.88 bits per heavy atom. The Labute approximate surface area is 212 Å². The van der Waals surface area contributed by atoms with E-state index in [1.165, 1.54) is 4.90 Å². The molecular weight excluding hydrogens is 502 g/mol. The quantitative estimate of drug-likeness (QED) is 0.387. The number of hydrogen-bond acceptors (Lipinski definition) is 5. The van der Waals surface area contributed by atoms with Crippen molar-refractivity contribution >= 4 is 33.7 Å². The van der Waals surface area contributed by atoms with E-state index in [1.807, 2.05) is 27.7 Å². The number of fused-ring (bicyclic) bond motifs is 1. The fourth-order valence-corrected chi connectivity index (χ4v) is 7.55. The third kappa shape index (κ3) is 4.76. The maximum atomic E-state index is 13.9. The van der Waals surface area contributed by atoms with Gasteiger partial charge in [-0.15, -0.1) is 0 Å². The third-order valence-electron chi connectivity index (χ3n) is 7.34. The summed E-state index contributed by atoms with van der Waals surface area (Å²) in [5, 5.41) is 16.2. The number of likely N-dealkylation sites (tertiary alicyclic amines) is 1. The molecule has 34 heavy (non-hydrogen) atoms. The summed E-state index contributed by atoms with van der Waals surface area (Å²) in [6, 6.07) is -1.43. The Morgan fingerprint density at radius 1 is 1.24 bits per heavy atom. The zero-order valence-corrected chi connectivity index (χ0v) is 23.2. The first-order chi connectivity index (χ1) is 15.7. The standard InChI is InChI=1S/C25H42BrN3O5/c1-8-10-27-20(31)16-17-22(33)29(14(9-2)12-30)19(25(17)11-15(26)18(16)34-25)21(32)28-24(6,7)13-23(3,4)5/h14-19,30H,8-13H2,1-7H3,(H,27,31)(H,28,32)/t14-,15?,16-,17-,18-,19?,25?/m0/s1. The van der Waals surface area contributed by atoms with E-state index in [1.54, 1.807) is 0 Å². The Morgan fingerprint density at radius 3 is 2.41 bits per heavy atom. The van der Waals surface area contributed by atoms with Crippen molar-refractivity contribution in [1.82, 2.24) is 15.5 Å². The highest BCUT2D eigenvalue weighted by atomic mass is 79.9. The van der Waals surface area contributed by atoms with Crippen LogP contribution in [0.5, 0.6) is 0 Å². The Kier molecular flexibility index (Phi) is 7.81. The van der Waals surface area contributed by atoms with Gasteiger partial charge < -0.3 is 25.4 Å². The number of carbonyl (C=O) groups excluding carboxylic acids is 3. The number of halogens is 1. The molecule has 0 saturated carbocycles. The number of nitrogens with zero attached hydrogens (tertiary/aromatic N) is 1. The lowest BCUT2D eigenvalue weighted by Gasteiger charge is -2.40. The number of carbonyl (C=O) groups is 3. The molecule has 0 aromatic carbocycles. The van der Waals surface area contributed by atoms with Crippen LogP contribution < -0.4 is 10.6 Å². The van der Waals surface area contributed by atoms with E-state index in [4.69, 9.17) is 4.74 Å². The number of amides is 3. The van der Waals surface area contributed by atoms with Crippen molar-refractivity contribution in [2.45, 2.75) is 108 Å². The molecule has 3 unspecified atom stereocenters. The monoisotopic (exact) mass is 543 g/mol. The van der Waals surface area contributed by atoms with Gasteiger partial charge in [-0.25, -0.2) is 0 Å². The number of rotatable bonds is 9. The molecule has 3 aliphatic heterocycles. The second-order valence-corrected chi connectivity index (χ2v) is 13.2. The molecule has 1 spiro atoms. The number of hydrogen-bond donors (Lipinski definition) is 3. The number of nitrogens with one attached hydrogen (secondary N) is 2. The highest BCUT2D eigenvalue weighted by molar-refractivity contribution is 9.09. The Hall–Kier alpha value is -1.19. The normalized spacial score (nSPS) is 33.7. The molecule has 3 aliphatic rings. The molecule has 194 valence electrons. The summed E-state index contributed by atoms with van der Waals surface area (Å²) in [6.45, 7) is 14.5. The van der Waals surface area contributed by atoms with Crippen molar-refractivity contribution in [2.24, 2.45) is 17.3 Å². The predicted octanol–water partition coefficient (Wildman–Crippen LogP) is 2.36. The maximum absolute atomic E-state index is 13.9. The van der Waals surface area contributed by atoms with Gasteiger partial charge in [0.05, 0.1) is 30.6 Å². The molecule has 0 aromatic heterocycles. The highest BCUT2D eigenvalue weighted by Crippen LogP contribution is 2.60. The first-order valence-electron chi connectivity index (χ1n) is 12.6. The van der Waals surface area contributed by atoms with E-state index in [0.29, 0.717) is 19.4 Å².